The summed E-state index contributed by atoms with van der Waals surface area (Å²) in [6, 6.07) is 9.78. The highest BCUT2D eigenvalue weighted by Crippen LogP contribution is 2.28. The molecule has 0 aromatic heterocycles. The molecule has 4 heteroatoms. The molecule has 0 aliphatic heterocycles. The van der Waals surface area contributed by atoms with Crippen LogP contribution in [0, 0.1) is 5.92 Å². The second-order valence-electron chi connectivity index (χ2n) is 5.89. The third-order valence-corrected chi connectivity index (χ3v) is 3.94. The third-order valence-electron chi connectivity index (χ3n) is 2.76. The van der Waals surface area contributed by atoms with E-state index in [0.717, 1.165) is 5.56 Å². The first-order valence-electron chi connectivity index (χ1n) is 6.82. The van der Waals surface area contributed by atoms with E-state index in [0.29, 0.717) is 6.61 Å². The molecule has 0 spiro atoms. The number of hydrogen-bond acceptors (Lipinski definition) is 4. The lowest BCUT2D eigenvalue weighted by Gasteiger charge is -2.22. The fraction of sp³-hybridized carbons (Fsp3) is 0.562. The van der Waals surface area contributed by atoms with Gasteiger partial charge in [-0.05, 0) is 5.56 Å². The van der Waals surface area contributed by atoms with E-state index in [-0.39, 0.29) is 16.5 Å². The minimum absolute atomic E-state index is 0.00770. The smallest absolute Gasteiger partial charge is 0.194 e. The van der Waals surface area contributed by atoms with Gasteiger partial charge in [0.1, 0.15) is 0 Å². The highest BCUT2D eigenvalue weighted by Gasteiger charge is 2.26. The summed E-state index contributed by atoms with van der Waals surface area (Å²) in [4.78, 5) is 12.0. The maximum Gasteiger partial charge on any atom is 0.194 e. The summed E-state index contributed by atoms with van der Waals surface area (Å²) in [5.41, 5.74) is 1.06. The van der Waals surface area contributed by atoms with Gasteiger partial charge in [0, 0.05) is 4.75 Å². The van der Waals surface area contributed by atoms with Crippen molar-refractivity contribution in [2.75, 3.05) is 6.61 Å². The van der Waals surface area contributed by atoms with Gasteiger partial charge in [0.2, 0.25) is 0 Å². The summed E-state index contributed by atoms with van der Waals surface area (Å²) in [6.07, 6.45) is -0.763. The maximum absolute atomic E-state index is 12.0. The number of aliphatic hydroxyl groups excluding tert-OH is 1. The molecule has 0 saturated carbocycles. The Balaban J connectivity index is 2.35. The molecule has 0 amide bonds. The summed E-state index contributed by atoms with van der Waals surface area (Å²) in [7, 11) is 0. The Kier molecular flexibility index (Phi) is 6.72. The number of ether oxygens (including phenoxy) is 1. The highest BCUT2D eigenvalue weighted by molar-refractivity contribution is 8.14. The van der Waals surface area contributed by atoms with E-state index in [1.54, 1.807) is 6.92 Å². The molecule has 1 N–H and O–H groups in total. The molecule has 1 aromatic carbocycles. The van der Waals surface area contributed by atoms with Gasteiger partial charge in [0.25, 0.3) is 0 Å². The topological polar surface area (TPSA) is 46.5 Å². The average Bonchev–Trinajstić information content (AvgIpc) is 2.37. The minimum atomic E-state index is -0.763. The fourth-order valence-electron chi connectivity index (χ4n) is 1.57. The molecule has 112 valence electrons. The van der Waals surface area contributed by atoms with Gasteiger partial charge >= 0.3 is 0 Å². The molecule has 0 saturated heterocycles. The van der Waals surface area contributed by atoms with Crippen molar-refractivity contribution in [2.24, 2.45) is 5.92 Å². The quantitative estimate of drug-likeness (QED) is 0.875. The fourth-order valence-corrected chi connectivity index (χ4v) is 2.51. The Bertz CT molecular complexity index is 411. The molecule has 0 bridgehead atoms. The van der Waals surface area contributed by atoms with Gasteiger partial charge < -0.3 is 9.84 Å². The number of aliphatic hydroxyl groups is 1. The lowest BCUT2D eigenvalue weighted by Crippen LogP contribution is -2.30. The number of hydrogen-bond donors (Lipinski definition) is 1. The van der Waals surface area contributed by atoms with Crippen molar-refractivity contribution in [3.63, 3.8) is 0 Å². The number of rotatable bonds is 6. The van der Waals surface area contributed by atoms with Crippen molar-refractivity contribution in [2.45, 2.75) is 45.2 Å². The van der Waals surface area contributed by atoms with E-state index in [9.17, 15) is 9.90 Å². The van der Waals surface area contributed by atoms with E-state index in [2.05, 4.69) is 0 Å². The summed E-state index contributed by atoms with van der Waals surface area (Å²) < 4.78 is 5.34. The first-order chi connectivity index (χ1) is 9.29. The van der Waals surface area contributed by atoms with E-state index < -0.39 is 12.0 Å². The van der Waals surface area contributed by atoms with Gasteiger partial charge in [-0.3, -0.25) is 4.79 Å². The normalized spacial score (nSPS) is 14.8. The molecular formula is C16H24O3S. The molecule has 2 atom stereocenters. The number of carbonyl (C=O) groups is 1. The number of benzene rings is 1. The standard InChI is InChI=1S/C16H24O3S/c1-12(15(18)20-16(2,3)4)14(17)11-19-10-13-8-6-5-7-9-13/h5-9,12,14,17H,10-11H2,1-4H3/t12-,14-/m1/s1. The summed E-state index contributed by atoms with van der Waals surface area (Å²) >= 11 is 1.27. The van der Waals surface area contributed by atoms with Crippen molar-refractivity contribution < 1.29 is 14.6 Å². The van der Waals surface area contributed by atoms with Crippen LogP contribution >= 0.6 is 11.8 Å². The molecule has 3 nitrogen and oxygen atoms in total. The van der Waals surface area contributed by atoms with Crippen molar-refractivity contribution in [3.05, 3.63) is 35.9 Å². The minimum Gasteiger partial charge on any atom is -0.390 e. The molecule has 0 radical (unpaired) electrons. The van der Waals surface area contributed by atoms with E-state index in [1.807, 2.05) is 51.1 Å². The van der Waals surface area contributed by atoms with Crippen LogP contribution in [0.5, 0.6) is 0 Å². The van der Waals surface area contributed by atoms with Gasteiger partial charge in [-0.2, -0.15) is 0 Å². The highest BCUT2D eigenvalue weighted by atomic mass is 32.2. The first-order valence-corrected chi connectivity index (χ1v) is 7.64. The summed E-state index contributed by atoms with van der Waals surface area (Å²) in [5.74, 6) is -0.421. The van der Waals surface area contributed by atoms with Crippen LogP contribution < -0.4 is 0 Å². The van der Waals surface area contributed by atoms with E-state index >= 15 is 0 Å². The zero-order valence-electron chi connectivity index (χ0n) is 12.6. The molecular weight excluding hydrogens is 272 g/mol. The molecule has 0 aliphatic rings. The lowest BCUT2D eigenvalue weighted by atomic mass is 10.1. The predicted molar refractivity (Wildman–Crippen MR) is 83.6 cm³/mol. The third kappa shape index (κ3) is 6.55. The van der Waals surface area contributed by atoms with Gasteiger partial charge in [-0.15, -0.1) is 0 Å². The second-order valence-corrected chi connectivity index (χ2v) is 7.72. The zero-order chi connectivity index (χ0) is 15.2. The number of thioether (sulfide) groups is 1. The Morgan fingerprint density at radius 1 is 1.30 bits per heavy atom. The van der Waals surface area contributed by atoms with Crippen LogP contribution in [0.25, 0.3) is 0 Å². The van der Waals surface area contributed by atoms with Gasteiger partial charge in [0.05, 0.1) is 25.2 Å². The average molecular weight is 296 g/mol. The van der Waals surface area contributed by atoms with Crippen LogP contribution in [-0.2, 0) is 16.1 Å². The van der Waals surface area contributed by atoms with Gasteiger partial charge in [-0.1, -0.05) is 69.8 Å². The van der Waals surface area contributed by atoms with E-state index in [1.165, 1.54) is 11.8 Å². The Morgan fingerprint density at radius 2 is 1.90 bits per heavy atom. The van der Waals surface area contributed by atoms with Gasteiger partial charge in [-0.25, -0.2) is 0 Å². The summed E-state index contributed by atoms with van der Waals surface area (Å²) in [6.45, 7) is 8.33. The van der Waals surface area contributed by atoms with Crippen LogP contribution in [-0.4, -0.2) is 27.7 Å². The Hall–Kier alpha value is -0.840. The van der Waals surface area contributed by atoms with Crippen LogP contribution in [0.3, 0.4) is 0 Å². The van der Waals surface area contributed by atoms with Crippen molar-refractivity contribution in [1.82, 2.24) is 0 Å². The molecule has 0 aliphatic carbocycles. The van der Waals surface area contributed by atoms with E-state index in [4.69, 9.17) is 4.74 Å². The Labute approximate surface area is 125 Å². The van der Waals surface area contributed by atoms with Crippen LogP contribution in [0.2, 0.25) is 0 Å². The molecule has 1 rings (SSSR count). The first kappa shape index (κ1) is 17.2. The Morgan fingerprint density at radius 3 is 2.45 bits per heavy atom. The molecule has 20 heavy (non-hydrogen) atoms. The van der Waals surface area contributed by atoms with Crippen molar-refractivity contribution in [3.8, 4) is 0 Å². The van der Waals surface area contributed by atoms with Crippen LogP contribution in [0.1, 0.15) is 33.3 Å². The molecule has 0 fully saturated rings. The van der Waals surface area contributed by atoms with Crippen molar-refractivity contribution in [1.29, 1.82) is 0 Å². The maximum atomic E-state index is 12.0. The summed E-state index contributed by atoms with van der Waals surface area (Å²) in [5, 5.41) is 10.0. The largest absolute Gasteiger partial charge is 0.390 e. The molecule has 1 aromatic rings. The second kappa shape index (κ2) is 7.81. The van der Waals surface area contributed by atoms with Crippen LogP contribution in [0.15, 0.2) is 30.3 Å². The molecule has 0 unspecified atom stereocenters. The predicted octanol–water partition coefficient (Wildman–Crippen LogP) is 3.26. The number of carbonyl (C=O) groups excluding carboxylic acids is 1. The zero-order valence-corrected chi connectivity index (χ0v) is 13.4. The van der Waals surface area contributed by atoms with Crippen molar-refractivity contribution >= 4 is 16.9 Å². The van der Waals surface area contributed by atoms with Gasteiger partial charge in [0.15, 0.2) is 5.12 Å². The monoisotopic (exact) mass is 296 g/mol. The van der Waals surface area contributed by atoms with Crippen LogP contribution in [0.4, 0.5) is 0 Å². The lowest BCUT2D eigenvalue weighted by molar-refractivity contribution is -0.118. The molecule has 0 heterocycles. The SMILES string of the molecule is C[C@@H](C(=O)SC(C)(C)C)[C@H](O)COCc1ccccc1.